The van der Waals surface area contributed by atoms with Crippen LogP contribution in [0.3, 0.4) is 0 Å². The van der Waals surface area contributed by atoms with Gasteiger partial charge in [0.25, 0.3) is 5.91 Å². The van der Waals surface area contributed by atoms with Crippen molar-refractivity contribution in [1.29, 1.82) is 0 Å². The monoisotopic (exact) mass is 378 g/mol. The third-order valence-electron chi connectivity index (χ3n) is 3.49. The summed E-state index contributed by atoms with van der Waals surface area (Å²) in [4.78, 5) is 27.7. The van der Waals surface area contributed by atoms with Crippen molar-refractivity contribution in [1.82, 2.24) is 10.3 Å². The van der Waals surface area contributed by atoms with Gasteiger partial charge in [0.05, 0.1) is 19.1 Å². The molecule has 0 aliphatic carbocycles. The highest BCUT2D eigenvalue weighted by Crippen LogP contribution is 2.20. The zero-order valence-electron chi connectivity index (χ0n) is 14.1. The molecule has 1 aromatic heterocycles. The number of carbonyl (C=O) groups excluding carboxylic acids is 1. The Morgan fingerprint density at radius 2 is 1.96 bits per heavy atom. The molecule has 0 aliphatic rings. The average molecular weight is 379 g/mol. The molecule has 0 bridgehead atoms. The summed E-state index contributed by atoms with van der Waals surface area (Å²) in [5.74, 6) is -1.16. The predicted octanol–water partition coefficient (Wildman–Crippen LogP) is 2.71. The highest BCUT2D eigenvalue weighted by atomic mass is 35.5. The lowest BCUT2D eigenvalue weighted by Gasteiger charge is -2.18. The Balaban J connectivity index is 2.12. The molecular formula is C18H19ClN2O5. The van der Waals surface area contributed by atoms with Crippen LogP contribution >= 0.6 is 11.6 Å². The summed E-state index contributed by atoms with van der Waals surface area (Å²) in [5.41, 5.74) is 0.965. The first kappa shape index (κ1) is 19.7. The van der Waals surface area contributed by atoms with Crippen molar-refractivity contribution in [3.05, 3.63) is 58.7 Å². The Morgan fingerprint density at radius 3 is 2.62 bits per heavy atom. The van der Waals surface area contributed by atoms with Crippen LogP contribution in [0.2, 0.25) is 5.02 Å². The number of methoxy groups -OCH3 is 1. The Labute approximate surface area is 155 Å². The summed E-state index contributed by atoms with van der Waals surface area (Å²) in [7, 11) is 1.56. The van der Waals surface area contributed by atoms with Gasteiger partial charge in [0.2, 0.25) is 5.88 Å². The normalized spacial score (nSPS) is 11.6. The van der Waals surface area contributed by atoms with E-state index in [0.29, 0.717) is 29.4 Å². The molecule has 2 aromatic rings. The molecule has 0 fully saturated rings. The number of ether oxygens (including phenoxy) is 2. The number of carboxylic acids is 1. The second kappa shape index (κ2) is 9.74. The zero-order valence-corrected chi connectivity index (χ0v) is 14.9. The summed E-state index contributed by atoms with van der Waals surface area (Å²) in [6.45, 7) is 0.705. The fourth-order valence-corrected chi connectivity index (χ4v) is 2.35. The second-order valence-electron chi connectivity index (χ2n) is 5.40. The van der Waals surface area contributed by atoms with Crippen LogP contribution in [0.5, 0.6) is 5.88 Å². The van der Waals surface area contributed by atoms with E-state index in [2.05, 4.69) is 10.3 Å². The van der Waals surface area contributed by atoms with Crippen LogP contribution < -0.4 is 10.1 Å². The van der Waals surface area contributed by atoms with E-state index in [1.807, 2.05) is 0 Å². The number of benzene rings is 1. The molecule has 26 heavy (non-hydrogen) atoms. The topological polar surface area (TPSA) is 97.8 Å². The standard InChI is InChI=1S/C18H19ClN2O5/c1-25-8-9-26-16-10-13(6-7-20-16)18(24)21-15(11-17(22)23)12-2-4-14(19)5-3-12/h2-7,10,15H,8-9,11H2,1H3,(H,21,24)(H,22,23)/t15-/m0/s1. The summed E-state index contributed by atoms with van der Waals surface area (Å²) < 4.78 is 10.3. The van der Waals surface area contributed by atoms with Crippen molar-refractivity contribution in [3.63, 3.8) is 0 Å². The van der Waals surface area contributed by atoms with Crippen molar-refractivity contribution < 1.29 is 24.2 Å². The number of halogens is 1. The number of hydrogen-bond donors (Lipinski definition) is 2. The highest BCUT2D eigenvalue weighted by Gasteiger charge is 2.19. The number of amides is 1. The maximum atomic E-state index is 12.5. The molecule has 7 nitrogen and oxygen atoms in total. The number of aromatic nitrogens is 1. The van der Waals surface area contributed by atoms with Crippen LogP contribution in [0.25, 0.3) is 0 Å². The molecule has 0 aliphatic heterocycles. The number of carbonyl (C=O) groups is 2. The summed E-state index contributed by atoms with van der Waals surface area (Å²) >= 11 is 5.86. The van der Waals surface area contributed by atoms with Gasteiger partial charge in [-0.05, 0) is 23.8 Å². The molecular weight excluding hydrogens is 360 g/mol. The fraction of sp³-hybridized carbons (Fsp3) is 0.278. The molecule has 2 rings (SSSR count). The van der Waals surface area contributed by atoms with Crippen LogP contribution in [0.1, 0.15) is 28.4 Å². The SMILES string of the molecule is COCCOc1cc(C(=O)N[C@@H](CC(=O)O)c2ccc(Cl)cc2)ccn1. The molecule has 0 unspecified atom stereocenters. The van der Waals surface area contributed by atoms with Gasteiger partial charge in [-0.3, -0.25) is 9.59 Å². The lowest BCUT2D eigenvalue weighted by atomic mass is 10.0. The van der Waals surface area contributed by atoms with Crippen LogP contribution in [0.4, 0.5) is 0 Å². The van der Waals surface area contributed by atoms with Crippen LogP contribution in [0, 0.1) is 0 Å². The van der Waals surface area contributed by atoms with E-state index in [1.54, 1.807) is 31.4 Å². The van der Waals surface area contributed by atoms with Gasteiger partial charge >= 0.3 is 5.97 Å². The molecule has 1 amide bonds. The fourth-order valence-electron chi connectivity index (χ4n) is 2.22. The van der Waals surface area contributed by atoms with E-state index in [1.165, 1.54) is 18.3 Å². The molecule has 0 radical (unpaired) electrons. The molecule has 1 aromatic carbocycles. The Morgan fingerprint density at radius 1 is 1.23 bits per heavy atom. The molecule has 0 saturated heterocycles. The average Bonchev–Trinajstić information content (AvgIpc) is 2.62. The number of rotatable bonds is 9. The minimum absolute atomic E-state index is 0.254. The molecule has 2 N–H and O–H groups in total. The van der Waals surface area contributed by atoms with Gasteiger partial charge < -0.3 is 19.9 Å². The van der Waals surface area contributed by atoms with Gasteiger partial charge in [0.15, 0.2) is 0 Å². The van der Waals surface area contributed by atoms with E-state index >= 15 is 0 Å². The summed E-state index contributed by atoms with van der Waals surface area (Å²) in [6, 6.07) is 8.98. The molecule has 8 heteroatoms. The van der Waals surface area contributed by atoms with Crippen molar-refractivity contribution >= 4 is 23.5 Å². The van der Waals surface area contributed by atoms with E-state index in [-0.39, 0.29) is 12.3 Å². The number of nitrogens with zero attached hydrogens (tertiary/aromatic N) is 1. The smallest absolute Gasteiger partial charge is 0.305 e. The maximum Gasteiger partial charge on any atom is 0.305 e. The lowest BCUT2D eigenvalue weighted by molar-refractivity contribution is -0.137. The van der Waals surface area contributed by atoms with Gasteiger partial charge in [-0.15, -0.1) is 0 Å². The molecule has 1 heterocycles. The maximum absolute atomic E-state index is 12.5. The van der Waals surface area contributed by atoms with Crippen molar-refractivity contribution in [2.75, 3.05) is 20.3 Å². The molecule has 0 spiro atoms. The number of pyridine rings is 1. The van der Waals surface area contributed by atoms with Gasteiger partial charge in [-0.2, -0.15) is 0 Å². The minimum atomic E-state index is -1.02. The highest BCUT2D eigenvalue weighted by molar-refractivity contribution is 6.30. The number of aliphatic carboxylic acids is 1. The van der Waals surface area contributed by atoms with Crippen molar-refractivity contribution in [2.24, 2.45) is 0 Å². The first-order valence-electron chi connectivity index (χ1n) is 7.85. The lowest BCUT2D eigenvalue weighted by Crippen LogP contribution is -2.30. The molecule has 1 atom stereocenters. The van der Waals surface area contributed by atoms with Crippen molar-refractivity contribution in [3.8, 4) is 5.88 Å². The van der Waals surface area contributed by atoms with E-state index in [9.17, 15) is 9.59 Å². The summed E-state index contributed by atoms with van der Waals surface area (Å²) in [6.07, 6.45) is 1.20. The Kier molecular flexibility index (Phi) is 7.37. The summed E-state index contributed by atoms with van der Waals surface area (Å²) in [5, 5.41) is 12.4. The quantitative estimate of drug-likeness (QED) is 0.651. The van der Waals surface area contributed by atoms with Crippen LogP contribution in [0.15, 0.2) is 42.6 Å². The zero-order chi connectivity index (χ0) is 18.9. The Hall–Kier alpha value is -2.64. The molecule has 0 saturated carbocycles. The van der Waals surface area contributed by atoms with E-state index in [0.717, 1.165) is 0 Å². The third kappa shape index (κ3) is 6.02. The molecule has 138 valence electrons. The van der Waals surface area contributed by atoms with Crippen LogP contribution in [-0.2, 0) is 9.53 Å². The van der Waals surface area contributed by atoms with E-state index in [4.69, 9.17) is 26.2 Å². The second-order valence-corrected chi connectivity index (χ2v) is 5.84. The first-order chi connectivity index (χ1) is 12.5. The van der Waals surface area contributed by atoms with Gasteiger partial charge in [0.1, 0.15) is 6.61 Å². The number of nitrogens with one attached hydrogen (secondary N) is 1. The Bertz CT molecular complexity index is 752. The first-order valence-corrected chi connectivity index (χ1v) is 8.23. The van der Waals surface area contributed by atoms with Gasteiger partial charge in [0, 0.05) is 30.0 Å². The third-order valence-corrected chi connectivity index (χ3v) is 3.74. The number of carboxylic acid groups (broad SMARTS) is 1. The van der Waals surface area contributed by atoms with Gasteiger partial charge in [-0.25, -0.2) is 4.98 Å². The predicted molar refractivity (Wildman–Crippen MR) is 95.5 cm³/mol. The largest absolute Gasteiger partial charge is 0.481 e. The number of hydrogen-bond acceptors (Lipinski definition) is 5. The van der Waals surface area contributed by atoms with Gasteiger partial charge in [-0.1, -0.05) is 23.7 Å². The van der Waals surface area contributed by atoms with E-state index < -0.39 is 17.9 Å². The van der Waals surface area contributed by atoms with Crippen molar-refractivity contribution in [2.45, 2.75) is 12.5 Å². The van der Waals surface area contributed by atoms with Crippen LogP contribution in [-0.4, -0.2) is 42.3 Å². The minimum Gasteiger partial charge on any atom is -0.481 e.